The molecule has 0 saturated carbocycles. The number of aromatic nitrogens is 1. The zero-order chi connectivity index (χ0) is 13.1. The molecule has 2 rings (SSSR count). The first kappa shape index (κ1) is 12.5. The molecule has 0 bridgehead atoms. The van der Waals surface area contributed by atoms with Crippen molar-refractivity contribution in [1.29, 1.82) is 0 Å². The van der Waals surface area contributed by atoms with Gasteiger partial charge in [0.1, 0.15) is 5.75 Å². The lowest BCUT2D eigenvalue weighted by Crippen LogP contribution is -1.98. The van der Waals surface area contributed by atoms with Crippen molar-refractivity contribution in [2.75, 3.05) is 7.11 Å². The van der Waals surface area contributed by atoms with E-state index in [1.807, 2.05) is 25.4 Å². The fourth-order valence-electron chi connectivity index (χ4n) is 2.15. The molecule has 0 unspecified atom stereocenters. The number of carboxylic acid groups (broad SMARTS) is 1. The Morgan fingerprint density at radius 3 is 2.89 bits per heavy atom. The maximum Gasteiger partial charge on any atom is 0.303 e. The highest BCUT2D eigenvalue weighted by molar-refractivity contribution is 5.83. The molecule has 0 radical (unpaired) electrons. The van der Waals surface area contributed by atoms with Crippen LogP contribution in [0.3, 0.4) is 0 Å². The number of rotatable bonds is 5. The SMILES string of the molecule is COc1cc2ccn(C)c2cc1CCCC(=O)O. The van der Waals surface area contributed by atoms with Crippen molar-refractivity contribution < 1.29 is 14.6 Å². The van der Waals surface area contributed by atoms with Crippen LogP contribution in [0.15, 0.2) is 24.4 Å². The monoisotopic (exact) mass is 247 g/mol. The molecule has 0 aliphatic carbocycles. The number of aliphatic carboxylic acids is 1. The number of benzene rings is 1. The Morgan fingerprint density at radius 1 is 1.44 bits per heavy atom. The van der Waals surface area contributed by atoms with E-state index >= 15 is 0 Å². The molecule has 0 fully saturated rings. The second-order valence-electron chi connectivity index (χ2n) is 4.40. The number of methoxy groups -OCH3 is 1. The molecule has 0 aliphatic rings. The van der Waals surface area contributed by atoms with E-state index < -0.39 is 5.97 Å². The number of hydrogen-bond donors (Lipinski definition) is 1. The van der Waals surface area contributed by atoms with Crippen LogP contribution in [0.25, 0.3) is 10.9 Å². The molecule has 18 heavy (non-hydrogen) atoms. The molecular formula is C14H17NO3. The topological polar surface area (TPSA) is 51.5 Å². The summed E-state index contributed by atoms with van der Waals surface area (Å²) in [5, 5.41) is 9.80. The van der Waals surface area contributed by atoms with Crippen molar-refractivity contribution in [3.05, 3.63) is 30.0 Å². The zero-order valence-electron chi connectivity index (χ0n) is 10.6. The van der Waals surface area contributed by atoms with Gasteiger partial charge in [-0.2, -0.15) is 0 Å². The second kappa shape index (κ2) is 5.12. The van der Waals surface area contributed by atoms with Crippen LogP contribution in [-0.4, -0.2) is 22.8 Å². The smallest absolute Gasteiger partial charge is 0.303 e. The number of fused-ring (bicyclic) bond motifs is 1. The fourth-order valence-corrected chi connectivity index (χ4v) is 2.15. The first-order valence-corrected chi connectivity index (χ1v) is 5.95. The summed E-state index contributed by atoms with van der Waals surface area (Å²) in [6.45, 7) is 0. The third-order valence-corrected chi connectivity index (χ3v) is 3.12. The summed E-state index contributed by atoms with van der Waals surface area (Å²) in [5.41, 5.74) is 2.20. The highest BCUT2D eigenvalue weighted by Crippen LogP contribution is 2.27. The molecule has 1 heterocycles. The lowest BCUT2D eigenvalue weighted by atomic mass is 10.1. The Hall–Kier alpha value is -1.97. The summed E-state index contributed by atoms with van der Waals surface area (Å²) in [6.07, 6.45) is 3.54. The molecule has 4 nitrogen and oxygen atoms in total. The Morgan fingerprint density at radius 2 is 2.22 bits per heavy atom. The van der Waals surface area contributed by atoms with Gasteiger partial charge in [-0.1, -0.05) is 0 Å². The molecule has 96 valence electrons. The van der Waals surface area contributed by atoms with Crippen LogP contribution in [0.2, 0.25) is 0 Å². The van der Waals surface area contributed by atoms with E-state index in [1.165, 1.54) is 0 Å². The summed E-state index contributed by atoms with van der Waals surface area (Å²) in [6, 6.07) is 6.13. The number of carbonyl (C=O) groups is 1. The first-order chi connectivity index (χ1) is 8.61. The van der Waals surface area contributed by atoms with Gasteiger partial charge in [-0.25, -0.2) is 0 Å². The third-order valence-electron chi connectivity index (χ3n) is 3.12. The molecule has 1 N–H and O–H groups in total. The van der Waals surface area contributed by atoms with Gasteiger partial charge < -0.3 is 14.4 Å². The first-order valence-electron chi connectivity index (χ1n) is 5.95. The highest BCUT2D eigenvalue weighted by Gasteiger charge is 2.08. The zero-order valence-corrected chi connectivity index (χ0v) is 10.6. The molecule has 2 aromatic rings. The van der Waals surface area contributed by atoms with Crippen molar-refractivity contribution >= 4 is 16.9 Å². The standard InChI is InChI=1S/C14H17NO3/c1-15-7-6-10-9-13(18-2)11(8-12(10)15)4-3-5-14(16)17/h6-9H,3-5H2,1-2H3,(H,16,17). The van der Waals surface area contributed by atoms with Crippen molar-refractivity contribution in [1.82, 2.24) is 4.57 Å². The molecule has 4 heteroatoms. The van der Waals surface area contributed by atoms with Gasteiger partial charge in [-0.15, -0.1) is 0 Å². The average Bonchev–Trinajstić information content (AvgIpc) is 2.69. The van der Waals surface area contributed by atoms with E-state index in [0.717, 1.165) is 28.6 Å². The molecule has 0 aliphatic heterocycles. The molecule has 0 atom stereocenters. The Bertz CT molecular complexity index is 572. The van der Waals surface area contributed by atoms with Crippen LogP contribution in [0.4, 0.5) is 0 Å². The number of ether oxygens (including phenoxy) is 1. The second-order valence-corrected chi connectivity index (χ2v) is 4.40. The average molecular weight is 247 g/mol. The molecule has 0 saturated heterocycles. The van der Waals surface area contributed by atoms with Gasteiger partial charge in [0, 0.05) is 30.6 Å². The van der Waals surface area contributed by atoms with Crippen LogP contribution < -0.4 is 4.74 Å². The van der Waals surface area contributed by atoms with Crippen LogP contribution in [0.5, 0.6) is 5.75 Å². The van der Waals surface area contributed by atoms with Gasteiger partial charge in [0.25, 0.3) is 0 Å². The molecule has 0 spiro atoms. The summed E-state index contributed by atoms with van der Waals surface area (Å²) in [4.78, 5) is 10.5. The van der Waals surface area contributed by atoms with Gasteiger partial charge in [-0.3, -0.25) is 4.79 Å². The predicted octanol–water partition coefficient (Wildman–Crippen LogP) is 2.59. The van der Waals surface area contributed by atoms with Crippen LogP contribution in [0.1, 0.15) is 18.4 Å². The van der Waals surface area contributed by atoms with Gasteiger partial charge >= 0.3 is 5.97 Å². The summed E-state index contributed by atoms with van der Waals surface area (Å²) in [7, 11) is 3.64. The van der Waals surface area contributed by atoms with E-state index in [-0.39, 0.29) is 6.42 Å². The van der Waals surface area contributed by atoms with Crippen LogP contribution >= 0.6 is 0 Å². The molecule has 1 aromatic heterocycles. The number of hydrogen-bond acceptors (Lipinski definition) is 2. The van der Waals surface area contributed by atoms with Crippen LogP contribution in [0, 0.1) is 0 Å². The number of carboxylic acids is 1. The van der Waals surface area contributed by atoms with Crippen molar-refractivity contribution in [2.45, 2.75) is 19.3 Å². The van der Waals surface area contributed by atoms with E-state index in [1.54, 1.807) is 7.11 Å². The van der Waals surface area contributed by atoms with Crippen LogP contribution in [-0.2, 0) is 18.3 Å². The maximum atomic E-state index is 10.5. The van der Waals surface area contributed by atoms with Crippen molar-refractivity contribution in [3.63, 3.8) is 0 Å². The minimum Gasteiger partial charge on any atom is -0.496 e. The highest BCUT2D eigenvalue weighted by atomic mass is 16.5. The number of nitrogens with zero attached hydrogens (tertiary/aromatic N) is 1. The Kier molecular flexibility index (Phi) is 3.55. The van der Waals surface area contributed by atoms with E-state index in [0.29, 0.717) is 6.42 Å². The fraction of sp³-hybridized carbons (Fsp3) is 0.357. The third kappa shape index (κ3) is 2.47. The van der Waals surface area contributed by atoms with Gasteiger partial charge in [0.2, 0.25) is 0 Å². The maximum absolute atomic E-state index is 10.5. The van der Waals surface area contributed by atoms with E-state index in [9.17, 15) is 4.79 Å². The van der Waals surface area contributed by atoms with Crippen molar-refractivity contribution in [2.24, 2.45) is 7.05 Å². The normalized spacial score (nSPS) is 10.8. The molecular weight excluding hydrogens is 230 g/mol. The van der Waals surface area contributed by atoms with Gasteiger partial charge in [0.05, 0.1) is 7.11 Å². The van der Waals surface area contributed by atoms with Gasteiger partial charge in [-0.05, 0) is 36.6 Å². The largest absolute Gasteiger partial charge is 0.496 e. The predicted molar refractivity (Wildman–Crippen MR) is 70.0 cm³/mol. The number of aryl methyl sites for hydroxylation is 2. The minimum absolute atomic E-state index is 0.189. The van der Waals surface area contributed by atoms with E-state index in [2.05, 4.69) is 10.6 Å². The summed E-state index contributed by atoms with van der Waals surface area (Å²) >= 11 is 0. The lowest BCUT2D eigenvalue weighted by Gasteiger charge is -2.09. The Labute approximate surface area is 106 Å². The lowest BCUT2D eigenvalue weighted by molar-refractivity contribution is -0.137. The summed E-state index contributed by atoms with van der Waals surface area (Å²) in [5.74, 6) is 0.0769. The minimum atomic E-state index is -0.756. The van der Waals surface area contributed by atoms with Crippen molar-refractivity contribution in [3.8, 4) is 5.75 Å². The Balaban J connectivity index is 2.28. The molecule has 1 aromatic carbocycles. The van der Waals surface area contributed by atoms with Gasteiger partial charge in [0.15, 0.2) is 0 Å². The summed E-state index contributed by atoms with van der Waals surface area (Å²) < 4.78 is 7.41. The van der Waals surface area contributed by atoms with E-state index in [4.69, 9.17) is 9.84 Å². The molecule has 0 amide bonds. The quantitative estimate of drug-likeness (QED) is 0.883.